The lowest BCUT2D eigenvalue weighted by Crippen LogP contribution is -2.63. The molecular weight excluding hydrogens is 452 g/mol. The minimum Gasteiger partial charge on any atom is -0.507 e. The largest absolute Gasteiger partial charge is 0.507 e. The first kappa shape index (κ1) is 23.9. The van der Waals surface area contributed by atoms with Crippen LogP contribution >= 0.6 is 11.6 Å². The number of primary amides is 1. The molecule has 1 saturated heterocycles. The van der Waals surface area contributed by atoms with E-state index in [1.807, 2.05) is 29.2 Å². The summed E-state index contributed by atoms with van der Waals surface area (Å²) < 4.78 is 0. The Balaban J connectivity index is 1.48. The maximum Gasteiger partial charge on any atom is 0.237 e. The van der Waals surface area contributed by atoms with Crippen LogP contribution in [0, 0.1) is 6.92 Å². The normalized spacial score (nSPS) is 17.5. The molecule has 0 saturated carbocycles. The standard InChI is InChI=1S/C26H29ClN4O3/c1-16-12-20(27)13-19(24(16)32)14-29-26(34)17(2)31-11-10-30(15-23(31)25(28)33)22-9-5-7-18-6-3-4-8-21(18)22/h3-9,12-13,17,23,32H,10-11,14-15H2,1-2H3,(H2,28,33)(H,29,34)/t17-,23?/m0/s1. The van der Waals surface area contributed by atoms with E-state index in [0.29, 0.717) is 35.8 Å². The van der Waals surface area contributed by atoms with E-state index < -0.39 is 18.0 Å². The summed E-state index contributed by atoms with van der Waals surface area (Å²) in [6, 6.07) is 16.3. The highest BCUT2D eigenvalue weighted by Gasteiger charge is 2.36. The SMILES string of the molecule is Cc1cc(Cl)cc(CNC(=O)[C@H](C)N2CCN(c3cccc4ccccc34)CC2C(N)=O)c1O. The zero-order valence-electron chi connectivity index (χ0n) is 19.3. The fraction of sp³-hybridized carbons (Fsp3) is 0.308. The van der Waals surface area contributed by atoms with Crippen LogP contribution < -0.4 is 16.0 Å². The number of amides is 2. The Bertz CT molecular complexity index is 1230. The van der Waals surface area contributed by atoms with Crippen LogP contribution in [0.5, 0.6) is 5.75 Å². The van der Waals surface area contributed by atoms with Crippen LogP contribution in [0.25, 0.3) is 10.8 Å². The molecule has 0 aromatic heterocycles. The molecule has 3 aromatic rings. The number of halogens is 1. The van der Waals surface area contributed by atoms with E-state index in [1.165, 1.54) is 0 Å². The fourth-order valence-corrected chi connectivity index (χ4v) is 4.93. The molecule has 7 nitrogen and oxygen atoms in total. The summed E-state index contributed by atoms with van der Waals surface area (Å²) in [6.45, 7) is 5.21. The van der Waals surface area contributed by atoms with Crippen molar-refractivity contribution >= 4 is 39.9 Å². The number of anilines is 1. The number of phenols is 1. The molecule has 2 atom stereocenters. The lowest BCUT2D eigenvalue weighted by atomic mass is 10.0. The molecule has 1 aliphatic heterocycles. The zero-order valence-corrected chi connectivity index (χ0v) is 20.0. The predicted octanol–water partition coefficient (Wildman–Crippen LogP) is 3.19. The Labute approximate surface area is 204 Å². The van der Waals surface area contributed by atoms with Gasteiger partial charge in [0.2, 0.25) is 11.8 Å². The van der Waals surface area contributed by atoms with Gasteiger partial charge in [-0.05, 0) is 43.0 Å². The molecule has 8 heteroatoms. The molecule has 3 aromatic carbocycles. The Morgan fingerprint density at radius 2 is 1.91 bits per heavy atom. The summed E-state index contributed by atoms with van der Waals surface area (Å²) in [6.07, 6.45) is 0. The van der Waals surface area contributed by atoms with E-state index in [4.69, 9.17) is 17.3 Å². The third-order valence-electron chi connectivity index (χ3n) is 6.53. The molecule has 1 aliphatic rings. The van der Waals surface area contributed by atoms with Gasteiger partial charge in [-0.25, -0.2) is 0 Å². The third kappa shape index (κ3) is 4.81. The molecule has 1 fully saturated rings. The molecule has 178 valence electrons. The van der Waals surface area contributed by atoms with Crippen LogP contribution in [0.15, 0.2) is 54.6 Å². The van der Waals surface area contributed by atoms with Crippen LogP contribution in [0.4, 0.5) is 5.69 Å². The van der Waals surface area contributed by atoms with Crippen molar-refractivity contribution in [1.82, 2.24) is 10.2 Å². The van der Waals surface area contributed by atoms with Crippen LogP contribution in [0.3, 0.4) is 0 Å². The molecule has 1 unspecified atom stereocenters. The maximum atomic E-state index is 13.0. The van der Waals surface area contributed by atoms with Crippen molar-refractivity contribution in [3.05, 3.63) is 70.7 Å². The number of aromatic hydroxyl groups is 1. The Kier molecular flexibility index (Phi) is 6.95. The maximum absolute atomic E-state index is 13.0. The Morgan fingerprint density at radius 1 is 1.18 bits per heavy atom. The molecular formula is C26H29ClN4O3. The number of hydrogen-bond acceptors (Lipinski definition) is 5. The van der Waals surface area contributed by atoms with Crippen LogP contribution in [-0.4, -0.2) is 53.5 Å². The Hall–Kier alpha value is -3.29. The van der Waals surface area contributed by atoms with Crippen molar-refractivity contribution in [2.24, 2.45) is 5.73 Å². The van der Waals surface area contributed by atoms with Gasteiger partial charge < -0.3 is 21.1 Å². The quantitative estimate of drug-likeness (QED) is 0.503. The first-order valence-electron chi connectivity index (χ1n) is 11.3. The molecule has 2 amide bonds. The minimum atomic E-state index is -0.615. The molecule has 0 radical (unpaired) electrons. The van der Waals surface area contributed by atoms with Gasteiger partial charge in [-0.1, -0.05) is 48.0 Å². The number of fused-ring (bicyclic) bond motifs is 1. The second-order valence-electron chi connectivity index (χ2n) is 8.72. The Morgan fingerprint density at radius 3 is 2.68 bits per heavy atom. The number of aryl methyl sites for hydroxylation is 1. The second-order valence-corrected chi connectivity index (χ2v) is 9.16. The fourth-order valence-electron chi connectivity index (χ4n) is 4.64. The summed E-state index contributed by atoms with van der Waals surface area (Å²) in [5.74, 6) is -0.606. The number of carbonyl (C=O) groups is 2. The summed E-state index contributed by atoms with van der Waals surface area (Å²) in [4.78, 5) is 29.4. The van der Waals surface area contributed by atoms with Crippen molar-refractivity contribution in [1.29, 1.82) is 0 Å². The number of benzene rings is 3. The topological polar surface area (TPSA) is 98.9 Å². The first-order chi connectivity index (χ1) is 16.3. The van der Waals surface area contributed by atoms with Crippen LogP contribution in [0.2, 0.25) is 5.02 Å². The van der Waals surface area contributed by atoms with Gasteiger partial charge in [-0.15, -0.1) is 0 Å². The highest BCUT2D eigenvalue weighted by Crippen LogP contribution is 2.29. The summed E-state index contributed by atoms with van der Waals surface area (Å²) in [5.41, 5.74) is 8.01. The molecule has 4 N–H and O–H groups in total. The van der Waals surface area contributed by atoms with Crippen molar-refractivity contribution in [3.8, 4) is 5.75 Å². The number of carbonyl (C=O) groups excluding carboxylic acids is 2. The highest BCUT2D eigenvalue weighted by molar-refractivity contribution is 6.30. The highest BCUT2D eigenvalue weighted by atomic mass is 35.5. The number of nitrogens with two attached hydrogens (primary N) is 1. The minimum absolute atomic E-state index is 0.107. The number of rotatable bonds is 6. The van der Waals surface area contributed by atoms with Gasteiger partial charge >= 0.3 is 0 Å². The smallest absolute Gasteiger partial charge is 0.237 e. The van der Waals surface area contributed by atoms with E-state index in [2.05, 4.69) is 28.4 Å². The summed E-state index contributed by atoms with van der Waals surface area (Å²) in [5, 5.41) is 15.9. The molecule has 1 heterocycles. The van der Waals surface area contributed by atoms with Crippen molar-refractivity contribution < 1.29 is 14.7 Å². The van der Waals surface area contributed by atoms with Crippen LogP contribution in [0.1, 0.15) is 18.1 Å². The van der Waals surface area contributed by atoms with E-state index in [0.717, 1.165) is 16.5 Å². The second kappa shape index (κ2) is 9.91. The molecule has 4 rings (SSSR count). The van der Waals surface area contributed by atoms with Crippen molar-refractivity contribution in [2.45, 2.75) is 32.5 Å². The van der Waals surface area contributed by atoms with Crippen molar-refractivity contribution in [3.63, 3.8) is 0 Å². The summed E-state index contributed by atoms with van der Waals surface area (Å²) in [7, 11) is 0. The van der Waals surface area contributed by atoms with E-state index in [9.17, 15) is 14.7 Å². The van der Waals surface area contributed by atoms with E-state index in [-0.39, 0.29) is 18.2 Å². The molecule has 0 aliphatic carbocycles. The lowest BCUT2D eigenvalue weighted by Gasteiger charge is -2.43. The van der Waals surface area contributed by atoms with Gasteiger partial charge in [0.05, 0.1) is 6.04 Å². The van der Waals surface area contributed by atoms with Gasteiger partial charge in [0.15, 0.2) is 0 Å². The molecule has 34 heavy (non-hydrogen) atoms. The third-order valence-corrected chi connectivity index (χ3v) is 6.75. The van der Waals surface area contributed by atoms with Gasteiger partial charge in [0.1, 0.15) is 11.8 Å². The lowest BCUT2D eigenvalue weighted by molar-refractivity contribution is -0.131. The van der Waals surface area contributed by atoms with E-state index >= 15 is 0 Å². The molecule has 0 bridgehead atoms. The van der Waals surface area contributed by atoms with E-state index in [1.54, 1.807) is 26.0 Å². The zero-order chi connectivity index (χ0) is 24.4. The van der Waals surface area contributed by atoms with Gasteiger partial charge in [0, 0.05) is 47.8 Å². The average Bonchev–Trinajstić information content (AvgIpc) is 2.83. The summed E-state index contributed by atoms with van der Waals surface area (Å²) >= 11 is 6.09. The first-order valence-corrected chi connectivity index (χ1v) is 11.7. The van der Waals surface area contributed by atoms with Gasteiger partial charge in [-0.2, -0.15) is 0 Å². The number of phenolic OH excluding ortho intramolecular Hbond substituents is 1. The monoisotopic (exact) mass is 480 g/mol. The van der Waals surface area contributed by atoms with Crippen molar-refractivity contribution in [2.75, 3.05) is 24.5 Å². The number of hydrogen-bond donors (Lipinski definition) is 3. The average molecular weight is 481 g/mol. The number of nitrogens with zero attached hydrogens (tertiary/aromatic N) is 2. The number of nitrogens with one attached hydrogen (secondary N) is 1. The van der Waals surface area contributed by atoms with Gasteiger partial charge in [-0.3, -0.25) is 14.5 Å². The number of piperazine rings is 1. The predicted molar refractivity (Wildman–Crippen MR) is 135 cm³/mol. The van der Waals surface area contributed by atoms with Gasteiger partial charge in [0.25, 0.3) is 0 Å². The molecule has 0 spiro atoms. The van der Waals surface area contributed by atoms with Crippen LogP contribution in [-0.2, 0) is 16.1 Å².